The van der Waals surface area contributed by atoms with E-state index in [0.717, 1.165) is 30.4 Å². The zero-order valence-electron chi connectivity index (χ0n) is 10.8. The Balaban J connectivity index is 1.96. The summed E-state index contributed by atoms with van der Waals surface area (Å²) < 4.78 is 5.38. The van der Waals surface area contributed by atoms with Gasteiger partial charge in [-0.25, -0.2) is 0 Å². The van der Waals surface area contributed by atoms with Crippen LogP contribution in [0.5, 0.6) is 0 Å². The van der Waals surface area contributed by atoms with E-state index >= 15 is 0 Å². The zero-order chi connectivity index (χ0) is 12.3. The first-order valence-corrected chi connectivity index (χ1v) is 7.38. The summed E-state index contributed by atoms with van der Waals surface area (Å²) in [4.78, 5) is 4.51. The minimum absolute atomic E-state index is 0.105. The van der Waals surface area contributed by atoms with Crippen molar-refractivity contribution in [2.45, 2.75) is 56.6 Å². The molecule has 2 rings (SSSR count). The highest BCUT2D eigenvalue weighted by Gasteiger charge is 2.35. The summed E-state index contributed by atoms with van der Waals surface area (Å²) in [7, 11) is 0. The Labute approximate surface area is 107 Å². The molecule has 0 radical (unpaired) electrons. The number of hydrogen-bond donors (Lipinski definition) is 1. The van der Waals surface area contributed by atoms with Crippen LogP contribution >= 0.6 is 11.8 Å². The summed E-state index contributed by atoms with van der Waals surface area (Å²) in [6.07, 6.45) is 3.43. The van der Waals surface area contributed by atoms with Crippen molar-refractivity contribution in [3.05, 3.63) is 11.7 Å². The fraction of sp³-hybridized carbons (Fsp3) is 0.833. The molecule has 1 aliphatic heterocycles. The van der Waals surface area contributed by atoms with E-state index in [1.54, 1.807) is 0 Å². The van der Waals surface area contributed by atoms with E-state index in [9.17, 15) is 0 Å². The topological polar surface area (TPSA) is 51.0 Å². The van der Waals surface area contributed by atoms with Gasteiger partial charge in [0.1, 0.15) is 0 Å². The number of thioether (sulfide) groups is 1. The molecule has 1 aromatic heterocycles. The summed E-state index contributed by atoms with van der Waals surface area (Å²) in [5.41, 5.74) is -0.105. The third-order valence-electron chi connectivity index (χ3n) is 3.38. The monoisotopic (exact) mass is 255 g/mol. The minimum atomic E-state index is -0.105. The van der Waals surface area contributed by atoms with Gasteiger partial charge in [-0.3, -0.25) is 0 Å². The van der Waals surface area contributed by atoms with Crippen LogP contribution in [0, 0.1) is 0 Å². The summed E-state index contributed by atoms with van der Waals surface area (Å²) in [6, 6.07) is 0. The second-order valence-electron chi connectivity index (χ2n) is 4.91. The van der Waals surface area contributed by atoms with Crippen LogP contribution in [0.3, 0.4) is 0 Å². The smallest absolute Gasteiger partial charge is 0.246 e. The molecule has 17 heavy (non-hydrogen) atoms. The van der Waals surface area contributed by atoms with Gasteiger partial charge in [-0.1, -0.05) is 19.0 Å². The normalized spacial score (nSPS) is 26.3. The third kappa shape index (κ3) is 3.01. The van der Waals surface area contributed by atoms with E-state index in [4.69, 9.17) is 4.52 Å². The van der Waals surface area contributed by atoms with Gasteiger partial charge in [0, 0.05) is 5.25 Å². The predicted octanol–water partition coefficient (Wildman–Crippen LogP) is 2.70. The Morgan fingerprint density at radius 2 is 2.41 bits per heavy atom. The average molecular weight is 255 g/mol. The van der Waals surface area contributed by atoms with Gasteiger partial charge in [0.25, 0.3) is 0 Å². The fourth-order valence-corrected chi connectivity index (χ4v) is 2.74. The number of hydrogen-bond acceptors (Lipinski definition) is 5. The molecule has 0 aromatic carbocycles. The van der Waals surface area contributed by atoms with Crippen molar-refractivity contribution in [3.8, 4) is 0 Å². The molecular formula is C12H21N3OS. The van der Waals surface area contributed by atoms with Crippen LogP contribution in [-0.2, 0) is 11.3 Å². The SMILES string of the molecule is CCC(C)SCc1noc(C2(C)CCCN2)n1. The molecule has 1 fully saturated rings. The summed E-state index contributed by atoms with van der Waals surface area (Å²) >= 11 is 1.88. The van der Waals surface area contributed by atoms with Crippen molar-refractivity contribution in [1.29, 1.82) is 0 Å². The molecule has 2 unspecified atom stereocenters. The largest absolute Gasteiger partial charge is 0.337 e. The van der Waals surface area contributed by atoms with Crippen molar-refractivity contribution in [2.24, 2.45) is 0 Å². The van der Waals surface area contributed by atoms with E-state index in [1.165, 1.54) is 12.8 Å². The van der Waals surface area contributed by atoms with E-state index in [-0.39, 0.29) is 5.54 Å². The summed E-state index contributed by atoms with van der Waals surface area (Å²) in [5.74, 6) is 2.41. The number of nitrogens with zero attached hydrogens (tertiary/aromatic N) is 2. The maximum absolute atomic E-state index is 5.38. The van der Waals surface area contributed by atoms with Crippen molar-refractivity contribution in [1.82, 2.24) is 15.5 Å². The Hall–Kier alpha value is -0.550. The molecule has 1 N–H and O–H groups in total. The van der Waals surface area contributed by atoms with Crippen molar-refractivity contribution in [2.75, 3.05) is 6.54 Å². The minimum Gasteiger partial charge on any atom is -0.337 e. The van der Waals surface area contributed by atoms with Gasteiger partial charge in [0.05, 0.1) is 11.3 Å². The van der Waals surface area contributed by atoms with Gasteiger partial charge < -0.3 is 9.84 Å². The Morgan fingerprint density at radius 1 is 1.59 bits per heavy atom. The quantitative estimate of drug-likeness (QED) is 0.876. The lowest BCUT2D eigenvalue weighted by Crippen LogP contribution is -2.33. The first-order chi connectivity index (χ1) is 8.14. The van der Waals surface area contributed by atoms with E-state index in [0.29, 0.717) is 5.25 Å². The number of aromatic nitrogens is 2. The molecule has 1 aliphatic rings. The highest BCUT2D eigenvalue weighted by molar-refractivity contribution is 7.99. The second kappa shape index (κ2) is 5.40. The average Bonchev–Trinajstić information content (AvgIpc) is 2.95. The van der Waals surface area contributed by atoms with Crippen LogP contribution < -0.4 is 5.32 Å². The second-order valence-corrected chi connectivity index (χ2v) is 6.33. The predicted molar refractivity (Wildman–Crippen MR) is 69.9 cm³/mol. The van der Waals surface area contributed by atoms with Gasteiger partial charge >= 0.3 is 0 Å². The Morgan fingerprint density at radius 3 is 3.06 bits per heavy atom. The molecule has 2 heterocycles. The van der Waals surface area contributed by atoms with E-state index in [2.05, 4.69) is 36.2 Å². The van der Waals surface area contributed by atoms with Crippen LogP contribution in [0.15, 0.2) is 4.52 Å². The van der Waals surface area contributed by atoms with Gasteiger partial charge in [-0.15, -0.1) is 0 Å². The lowest BCUT2D eigenvalue weighted by atomic mass is 10.0. The highest BCUT2D eigenvalue weighted by Crippen LogP contribution is 2.29. The maximum atomic E-state index is 5.38. The first-order valence-electron chi connectivity index (χ1n) is 6.34. The third-order valence-corrected chi connectivity index (χ3v) is 4.71. The van der Waals surface area contributed by atoms with Crippen molar-refractivity contribution >= 4 is 11.8 Å². The van der Waals surface area contributed by atoms with Crippen LogP contribution in [-0.4, -0.2) is 21.9 Å². The molecule has 4 nitrogen and oxygen atoms in total. The van der Waals surface area contributed by atoms with Gasteiger partial charge in [0.2, 0.25) is 5.89 Å². The zero-order valence-corrected chi connectivity index (χ0v) is 11.6. The van der Waals surface area contributed by atoms with Gasteiger partial charge in [-0.05, 0) is 32.7 Å². The summed E-state index contributed by atoms with van der Waals surface area (Å²) in [6.45, 7) is 7.60. The molecule has 0 bridgehead atoms. The van der Waals surface area contributed by atoms with Gasteiger partial charge in [0.15, 0.2) is 5.82 Å². The molecule has 2 atom stereocenters. The first kappa shape index (κ1) is 12.9. The van der Waals surface area contributed by atoms with Crippen LogP contribution in [0.4, 0.5) is 0 Å². The molecule has 1 saturated heterocycles. The molecule has 0 aliphatic carbocycles. The lowest BCUT2D eigenvalue weighted by Gasteiger charge is -2.18. The molecule has 0 saturated carbocycles. The number of rotatable bonds is 5. The highest BCUT2D eigenvalue weighted by atomic mass is 32.2. The Bertz CT molecular complexity index is 360. The van der Waals surface area contributed by atoms with Crippen molar-refractivity contribution < 1.29 is 4.52 Å². The molecule has 5 heteroatoms. The van der Waals surface area contributed by atoms with Crippen molar-refractivity contribution in [3.63, 3.8) is 0 Å². The van der Waals surface area contributed by atoms with E-state index < -0.39 is 0 Å². The fourth-order valence-electron chi connectivity index (χ4n) is 1.95. The van der Waals surface area contributed by atoms with E-state index in [1.807, 2.05) is 11.8 Å². The van der Waals surface area contributed by atoms with Crippen LogP contribution in [0.25, 0.3) is 0 Å². The lowest BCUT2D eigenvalue weighted by molar-refractivity contribution is 0.274. The maximum Gasteiger partial charge on any atom is 0.246 e. The molecule has 1 aromatic rings. The molecule has 0 amide bonds. The van der Waals surface area contributed by atoms with Gasteiger partial charge in [-0.2, -0.15) is 16.7 Å². The molecule has 0 spiro atoms. The number of nitrogens with one attached hydrogen (secondary N) is 1. The standard InChI is InChI=1S/C12H21N3OS/c1-4-9(2)17-8-10-14-11(16-15-10)12(3)6-5-7-13-12/h9,13H,4-8H2,1-3H3. The van der Waals surface area contributed by atoms with Crippen LogP contribution in [0.2, 0.25) is 0 Å². The van der Waals surface area contributed by atoms with Crippen LogP contribution in [0.1, 0.15) is 51.7 Å². The summed E-state index contributed by atoms with van der Waals surface area (Å²) in [5, 5.41) is 8.15. The molecular weight excluding hydrogens is 234 g/mol. The Kier molecular flexibility index (Phi) is 4.09. The molecule has 96 valence electrons.